The zero-order valence-corrected chi connectivity index (χ0v) is 9.87. The predicted octanol–water partition coefficient (Wildman–Crippen LogP) is 1.35. The first kappa shape index (κ1) is 13.2. The molecule has 2 heterocycles. The summed E-state index contributed by atoms with van der Waals surface area (Å²) in [5, 5.41) is 0. The highest BCUT2D eigenvalue weighted by atomic mass is 19.4. The van der Waals surface area contributed by atoms with Gasteiger partial charge in [-0.2, -0.15) is 13.2 Å². The lowest BCUT2D eigenvalue weighted by Gasteiger charge is -2.36. The molecule has 4 nitrogen and oxygen atoms in total. The Kier molecular flexibility index (Phi) is 3.25. The van der Waals surface area contributed by atoms with Crippen LogP contribution in [0, 0.1) is 11.8 Å². The Morgan fingerprint density at radius 1 is 1.39 bits per heavy atom. The number of amides is 1. The van der Waals surface area contributed by atoms with Gasteiger partial charge < -0.3 is 9.64 Å². The standard InChI is InChI=1S/C11H14F3NO3/c1-18-10(17)6-2-3-8-7(11(12,13)14)4-9(16)15(8)5-6/h6-8H,2-5H2,1H3. The van der Waals surface area contributed by atoms with Crippen LogP contribution in [0.5, 0.6) is 0 Å². The van der Waals surface area contributed by atoms with Crippen molar-refractivity contribution in [3.8, 4) is 0 Å². The molecule has 0 aromatic heterocycles. The van der Waals surface area contributed by atoms with Crippen LogP contribution >= 0.6 is 0 Å². The van der Waals surface area contributed by atoms with Crippen LogP contribution in [0.3, 0.4) is 0 Å². The number of alkyl halides is 3. The zero-order chi connectivity index (χ0) is 13.5. The summed E-state index contributed by atoms with van der Waals surface area (Å²) in [5.41, 5.74) is 0. The van der Waals surface area contributed by atoms with Crippen LogP contribution in [-0.4, -0.2) is 42.6 Å². The van der Waals surface area contributed by atoms with Gasteiger partial charge in [0.15, 0.2) is 0 Å². The summed E-state index contributed by atoms with van der Waals surface area (Å²) in [7, 11) is 1.23. The molecule has 0 N–H and O–H groups in total. The third kappa shape index (κ3) is 2.18. The summed E-state index contributed by atoms with van der Waals surface area (Å²) in [5.74, 6) is -3.07. The summed E-state index contributed by atoms with van der Waals surface area (Å²) < 4.78 is 42.8. The molecule has 2 saturated heterocycles. The average Bonchev–Trinajstić information content (AvgIpc) is 2.65. The van der Waals surface area contributed by atoms with Crippen LogP contribution < -0.4 is 0 Å². The summed E-state index contributed by atoms with van der Waals surface area (Å²) in [6, 6.07) is -0.807. The molecule has 2 fully saturated rings. The normalized spacial score (nSPS) is 32.3. The topological polar surface area (TPSA) is 46.6 Å². The Hall–Kier alpha value is -1.27. The summed E-state index contributed by atoms with van der Waals surface area (Å²) >= 11 is 0. The fourth-order valence-electron chi connectivity index (χ4n) is 2.83. The zero-order valence-electron chi connectivity index (χ0n) is 9.87. The number of fused-ring (bicyclic) bond motifs is 1. The van der Waals surface area contributed by atoms with Crippen LogP contribution in [0.4, 0.5) is 13.2 Å². The maximum atomic E-state index is 12.8. The molecular formula is C11H14F3NO3. The number of carbonyl (C=O) groups excluding carboxylic acids is 2. The molecule has 2 aliphatic rings. The second kappa shape index (κ2) is 4.44. The van der Waals surface area contributed by atoms with Crippen LogP contribution in [0.25, 0.3) is 0 Å². The Morgan fingerprint density at radius 2 is 2.06 bits per heavy atom. The van der Waals surface area contributed by atoms with Crippen molar-refractivity contribution in [2.45, 2.75) is 31.5 Å². The van der Waals surface area contributed by atoms with E-state index in [1.54, 1.807) is 0 Å². The first-order valence-corrected chi connectivity index (χ1v) is 5.78. The Bertz CT molecular complexity index is 369. The molecule has 1 amide bonds. The van der Waals surface area contributed by atoms with E-state index in [1.807, 2.05) is 0 Å². The molecule has 18 heavy (non-hydrogen) atoms. The van der Waals surface area contributed by atoms with Crippen molar-refractivity contribution < 1.29 is 27.5 Å². The summed E-state index contributed by atoms with van der Waals surface area (Å²) in [6.07, 6.45) is -4.31. The Labute approximate surface area is 102 Å². The lowest BCUT2D eigenvalue weighted by Crippen LogP contribution is -2.47. The molecular weight excluding hydrogens is 251 g/mol. The first-order chi connectivity index (χ1) is 8.34. The van der Waals surface area contributed by atoms with Gasteiger partial charge in [-0.15, -0.1) is 0 Å². The van der Waals surface area contributed by atoms with Crippen molar-refractivity contribution >= 4 is 11.9 Å². The second-order valence-corrected chi connectivity index (χ2v) is 4.76. The molecule has 7 heteroatoms. The molecule has 0 aromatic rings. The highest BCUT2D eigenvalue weighted by molar-refractivity contribution is 5.81. The third-order valence-corrected chi connectivity index (χ3v) is 3.76. The second-order valence-electron chi connectivity index (χ2n) is 4.76. The number of nitrogens with zero attached hydrogens (tertiary/aromatic N) is 1. The molecule has 0 aromatic carbocycles. The van der Waals surface area contributed by atoms with E-state index < -0.39 is 42.4 Å². The van der Waals surface area contributed by atoms with Gasteiger partial charge in [0.25, 0.3) is 0 Å². The number of methoxy groups -OCH3 is 1. The van der Waals surface area contributed by atoms with Gasteiger partial charge in [0.1, 0.15) is 0 Å². The minimum Gasteiger partial charge on any atom is -0.469 e. The van der Waals surface area contributed by atoms with Gasteiger partial charge in [0.05, 0.1) is 18.9 Å². The molecule has 3 atom stereocenters. The number of piperidine rings is 1. The fraction of sp³-hybridized carbons (Fsp3) is 0.818. The van der Waals surface area contributed by atoms with E-state index in [4.69, 9.17) is 0 Å². The number of hydrogen-bond donors (Lipinski definition) is 0. The smallest absolute Gasteiger partial charge is 0.394 e. The van der Waals surface area contributed by atoms with Crippen LogP contribution in [0.2, 0.25) is 0 Å². The van der Waals surface area contributed by atoms with Crippen LogP contribution in [0.1, 0.15) is 19.3 Å². The van der Waals surface area contributed by atoms with E-state index in [9.17, 15) is 22.8 Å². The largest absolute Gasteiger partial charge is 0.469 e. The number of halogens is 3. The molecule has 2 rings (SSSR count). The van der Waals surface area contributed by atoms with E-state index in [1.165, 1.54) is 12.0 Å². The number of hydrogen-bond acceptors (Lipinski definition) is 3. The van der Waals surface area contributed by atoms with Crippen molar-refractivity contribution in [2.75, 3.05) is 13.7 Å². The van der Waals surface area contributed by atoms with Crippen molar-refractivity contribution in [1.82, 2.24) is 4.90 Å². The maximum absolute atomic E-state index is 12.8. The van der Waals surface area contributed by atoms with Gasteiger partial charge in [0, 0.05) is 19.0 Å². The van der Waals surface area contributed by atoms with Crippen molar-refractivity contribution in [3.05, 3.63) is 0 Å². The number of esters is 1. The summed E-state index contributed by atoms with van der Waals surface area (Å²) in [6.45, 7) is 0.0444. The van der Waals surface area contributed by atoms with Crippen LogP contribution in [0.15, 0.2) is 0 Å². The van der Waals surface area contributed by atoms with E-state index in [2.05, 4.69) is 4.74 Å². The minimum absolute atomic E-state index is 0.0444. The molecule has 0 spiro atoms. The van der Waals surface area contributed by atoms with E-state index in [0.29, 0.717) is 6.42 Å². The van der Waals surface area contributed by atoms with Gasteiger partial charge in [-0.25, -0.2) is 0 Å². The van der Waals surface area contributed by atoms with Crippen LogP contribution in [-0.2, 0) is 14.3 Å². The number of carbonyl (C=O) groups is 2. The first-order valence-electron chi connectivity index (χ1n) is 5.78. The third-order valence-electron chi connectivity index (χ3n) is 3.76. The molecule has 3 unspecified atom stereocenters. The lowest BCUT2D eigenvalue weighted by molar-refractivity contribution is -0.183. The van der Waals surface area contributed by atoms with E-state index >= 15 is 0 Å². The average molecular weight is 265 g/mol. The van der Waals surface area contributed by atoms with E-state index in [0.717, 1.165) is 0 Å². The monoisotopic (exact) mass is 265 g/mol. The van der Waals surface area contributed by atoms with Crippen molar-refractivity contribution in [2.24, 2.45) is 11.8 Å². The predicted molar refractivity (Wildman–Crippen MR) is 54.4 cm³/mol. The molecule has 0 aliphatic carbocycles. The lowest BCUT2D eigenvalue weighted by atomic mass is 9.88. The SMILES string of the molecule is COC(=O)C1CCC2C(C(F)(F)F)CC(=O)N2C1. The Morgan fingerprint density at radius 3 is 2.61 bits per heavy atom. The number of ether oxygens (including phenoxy) is 1. The fourth-order valence-corrected chi connectivity index (χ4v) is 2.83. The molecule has 2 aliphatic heterocycles. The van der Waals surface area contributed by atoms with Crippen molar-refractivity contribution in [3.63, 3.8) is 0 Å². The highest BCUT2D eigenvalue weighted by Crippen LogP contribution is 2.43. The van der Waals surface area contributed by atoms with Gasteiger partial charge in [-0.05, 0) is 12.8 Å². The van der Waals surface area contributed by atoms with E-state index in [-0.39, 0.29) is 13.0 Å². The minimum atomic E-state index is -4.35. The van der Waals surface area contributed by atoms with Gasteiger partial charge in [-0.1, -0.05) is 0 Å². The van der Waals surface area contributed by atoms with Gasteiger partial charge >= 0.3 is 12.1 Å². The molecule has 102 valence electrons. The van der Waals surface area contributed by atoms with Crippen molar-refractivity contribution in [1.29, 1.82) is 0 Å². The van der Waals surface area contributed by atoms with Gasteiger partial charge in [-0.3, -0.25) is 9.59 Å². The maximum Gasteiger partial charge on any atom is 0.394 e. The molecule has 0 saturated carbocycles. The molecule has 0 radical (unpaired) electrons. The quantitative estimate of drug-likeness (QED) is 0.672. The summed E-state index contributed by atoms with van der Waals surface area (Å²) in [4.78, 5) is 24.2. The van der Waals surface area contributed by atoms with Gasteiger partial charge in [0.2, 0.25) is 5.91 Å². The molecule has 0 bridgehead atoms. The Balaban J connectivity index is 2.11. The highest BCUT2D eigenvalue weighted by Gasteiger charge is 2.55. The number of rotatable bonds is 1.